The van der Waals surface area contributed by atoms with Gasteiger partial charge in [0.2, 0.25) is 5.95 Å². The molecule has 16 heavy (non-hydrogen) atoms. The minimum atomic E-state index is 0.408. The molecule has 0 saturated carbocycles. The first kappa shape index (κ1) is 12.7. The molecule has 1 unspecified atom stereocenters. The average molecular weight is 222 g/mol. The smallest absolute Gasteiger partial charge is 0.224 e. The summed E-state index contributed by atoms with van der Waals surface area (Å²) in [6, 6.07) is 2.31. The second-order valence-electron chi connectivity index (χ2n) is 4.00. The lowest BCUT2D eigenvalue weighted by Crippen LogP contribution is -2.16. The Morgan fingerprint density at radius 2 is 2.19 bits per heavy atom. The summed E-state index contributed by atoms with van der Waals surface area (Å²) in [5.74, 6) is 1.60. The Kier molecular flexibility index (Phi) is 5.61. The van der Waals surface area contributed by atoms with Crippen LogP contribution in [0.4, 0.5) is 11.8 Å². The van der Waals surface area contributed by atoms with Crippen molar-refractivity contribution in [3.8, 4) is 0 Å². The predicted octanol–water partition coefficient (Wildman–Crippen LogP) is 2.90. The molecule has 0 spiro atoms. The molecule has 1 aromatic rings. The summed E-state index contributed by atoms with van der Waals surface area (Å²) in [6.45, 7) is 7.41. The Bertz CT molecular complexity index is 301. The third-order valence-corrected chi connectivity index (χ3v) is 2.48. The van der Waals surface area contributed by atoms with E-state index in [0.29, 0.717) is 12.0 Å². The molecule has 0 aliphatic rings. The van der Waals surface area contributed by atoms with Crippen molar-refractivity contribution in [2.24, 2.45) is 0 Å². The molecular weight excluding hydrogens is 200 g/mol. The zero-order valence-corrected chi connectivity index (χ0v) is 10.5. The van der Waals surface area contributed by atoms with Crippen molar-refractivity contribution < 1.29 is 0 Å². The maximum Gasteiger partial charge on any atom is 0.224 e. The largest absolute Gasteiger partial charge is 0.370 e. The second-order valence-corrected chi connectivity index (χ2v) is 4.00. The lowest BCUT2D eigenvalue weighted by atomic mass is 10.3. The monoisotopic (exact) mass is 222 g/mol. The van der Waals surface area contributed by atoms with Crippen molar-refractivity contribution in [3.05, 3.63) is 12.3 Å². The van der Waals surface area contributed by atoms with Crippen molar-refractivity contribution in [1.29, 1.82) is 0 Å². The van der Waals surface area contributed by atoms with Gasteiger partial charge in [-0.25, -0.2) is 4.98 Å². The van der Waals surface area contributed by atoms with Gasteiger partial charge in [-0.05, 0) is 25.8 Å². The van der Waals surface area contributed by atoms with Crippen LogP contribution >= 0.6 is 0 Å². The highest BCUT2D eigenvalue weighted by molar-refractivity contribution is 5.39. The van der Waals surface area contributed by atoms with Crippen LogP contribution in [0, 0.1) is 0 Å². The van der Waals surface area contributed by atoms with Gasteiger partial charge < -0.3 is 10.6 Å². The van der Waals surface area contributed by atoms with Gasteiger partial charge in [0.1, 0.15) is 5.82 Å². The summed E-state index contributed by atoms with van der Waals surface area (Å²) in [5.41, 5.74) is 0. The number of hydrogen-bond donors (Lipinski definition) is 2. The number of aromatic nitrogens is 2. The molecule has 0 aliphatic carbocycles. The van der Waals surface area contributed by atoms with Crippen LogP contribution in [-0.4, -0.2) is 22.6 Å². The van der Waals surface area contributed by atoms with E-state index in [1.807, 2.05) is 6.07 Å². The maximum atomic E-state index is 4.40. The zero-order valence-electron chi connectivity index (χ0n) is 10.5. The molecule has 0 aromatic carbocycles. The summed E-state index contributed by atoms with van der Waals surface area (Å²) in [6.07, 6.45) is 5.21. The van der Waals surface area contributed by atoms with E-state index in [1.54, 1.807) is 6.20 Å². The normalized spacial score (nSPS) is 12.2. The fourth-order valence-electron chi connectivity index (χ4n) is 1.24. The molecule has 0 bridgehead atoms. The Labute approximate surface area is 97.9 Å². The van der Waals surface area contributed by atoms with Crippen molar-refractivity contribution in [1.82, 2.24) is 9.97 Å². The van der Waals surface area contributed by atoms with Crippen molar-refractivity contribution in [2.75, 3.05) is 17.2 Å². The van der Waals surface area contributed by atoms with E-state index in [1.165, 1.54) is 6.42 Å². The first-order valence-corrected chi connectivity index (χ1v) is 6.09. The molecule has 4 nitrogen and oxygen atoms in total. The Hall–Kier alpha value is -1.32. The summed E-state index contributed by atoms with van der Waals surface area (Å²) in [7, 11) is 0. The number of anilines is 2. The summed E-state index contributed by atoms with van der Waals surface area (Å²) < 4.78 is 0. The third kappa shape index (κ3) is 4.47. The summed E-state index contributed by atoms with van der Waals surface area (Å²) in [4.78, 5) is 8.59. The van der Waals surface area contributed by atoms with Gasteiger partial charge in [0.05, 0.1) is 0 Å². The van der Waals surface area contributed by atoms with Crippen molar-refractivity contribution in [3.63, 3.8) is 0 Å². The molecule has 1 aromatic heterocycles. The zero-order chi connectivity index (χ0) is 11.8. The molecule has 1 heterocycles. The van der Waals surface area contributed by atoms with Crippen LogP contribution in [0.3, 0.4) is 0 Å². The molecule has 2 N–H and O–H groups in total. The van der Waals surface area contributed by atoms with Crippen LogP contribution in [0.2, 0.25) is 0 Å². The highest BCUT2D eigenvalue weighted by Crippen LogP contribution is 2.07. The number of nitrogens with one attached hydrogen (secondary N) is 2. The van der Waals surface area contributed by atoms with Gasteiger partial charge in [-0.3, -0.25) is 0 Å². The van der Waals surface area contributed by atoms with E-state index in [4.69, 9.17) is 0 Å². The highest BCUT2D eigenvalue weighted by atomic mass is 15.1. The molecule has 0 saturated heterocycles. The molecular formula is C12H22N4. The quantitative estimate of drug-likeness (QED) is 0.696. The molecule has 0 fully saturated rings. The number of nitrogens with zero attached hydrogens (tertiary/aromatic N) is 2. The Balaban J connectivity index is 2.50. The molecule has 0 aliphatic heterocycles. The fourth-order valence-corrected chi connectivity index (χ4v) is 1.24. The SMILES string of the molecule is CCCCNc1ccnc(NC(C)CC)n1. The van der Waals surface area contributed by atoms with Gasteiger partial charge in [-0.15, -0.1) is 0 Å². The van der Waals surface area contributed by atoms with E-state index < -0.39 is 0 Å². The summed E-state index contributed by atoms with van der Waals surface area (Å²) >= 11 is 0. The highest BCUT2D eigenvalue weighted by Gasteiger charge is 2.02. The van der Waals surface area contributed by atoms with Gasteiger partial charge in [0, 0.05) is 18.8 Å². The van der Waals surface area contributed by atoms with Gasteiger partial charge in [-0.1, -0.05) is 20.3 Å². The molecule has 90 valence electrons. The number of rotatable bonds is 7. The van der Waals surface area contributed by atoms with Crippen molar-refractivity contribution in [2.45, 2.75) is 46.1 Å². The van der Waals surface area contributed by atoms with Gasteiger partial charge in [-0.2, -0.15) is 4.98 Å². The van der Waals surface area contributed by atoms with Crippen LogP contribution in [0.25, 0.3) is 0 Å². The third-order valence-electron chi connectivity index (χ3n) is 2.48. The first-order valence-electron chi connectivity index (χ1n) is 6.09. The van der Waals surface area contributed by atoms with Crippen LogP contribution in [-0.2, 0) is 0 Å². The predicted molar refractivity (Wildman–Crippen MR) is 68.8 cm³/mol. The molecule has 0 amide bonds. The van der Waals surface area contributed by atoms with Crippen LogP contribution in [0.15, 0.2) is 12.3 Å². The van der Waals surface area contributed by atoms with Gasteiger partial charge >= 0.3 is 0 Å². The van der Waals surface area contributed by atoms with Crippen LogP contribution in [0.1, 0.15) is 40.0 Å². The molecule has 1 rings (SSSR count). The average Bonchev–Trinajstić information content (AvgIpc) is 2.30. The number of unbranched alkanes of at least 4 members (excludes halogenated alkanes) is 1. The number of hydrogen-bond acceptors (Lipinski definition) is 4. The van der Waals surface area contributed by atoms with Crippen LogP contribution in [0.5, 0.6) is 0 Å². The van der Waals surface area contributed by atoms with Crippen LogP contribution < -0.4 is 10.6 Å². The van der Waals surface area contributed by atoms with Gasteiger partial charge in [0.15, 0.2) is 0 Å². The topological polar surface area (TPSA) is 49.8 Å². The second kappa shape index (κ2) is 7.04. The maximum absolute atomic E-state index is 4.40. The van der Waals surface area contributed by atoms with E-state index in [9.17, 15) is 0 Å². The summed E-state index contributed by atoms with van der Waals surface area (Å²) in [5, 5.41) is 6.55. The lowest BCUT2D eigenvalue weighted by molar-refractivity contribution is 0.752. The van der Waals surface area contributed by atoms with E-state index in [2.05, 4.69) is 41.4 Å². The van der Waals surface area contributed by atoms with E-state index >= 15 is 0 Å². The Morgan fingerprint density at radius 1 is 1.38 bits per heavy atom. The molecule has 1 atom stereocenters. The van der Waals surface area contributed by atoms with E-state index in [-0.39, 0.29) is 0 Å². The van der Waals surface area contributed by atoms with Crippen molar-refractivity contribution >= 4 is 11.8 Å². The molecule has 0 radical (unpaired) electrons. The first-order chi connectivity index (χ1) is 7.76. The lowest BCUT2D eigenvalue weighted by Gasteiger charge is -2.12. The minimum Gasteiger partial charge on any atom is -0.370 e. The fraction of sp³-hybridized carbons (Fsp3) is 0.667. The standard InChI is InChI=1S/C12H22N4/c1-4-6-8-13-11-7-9-14-12(16-11)15-10(3)5-2/h7,9-10H,4-6,8H2,1-3H3,(H2,13,14,15,16). The van der Waals surface area contributed by atoms with Gasteiger partial charge in [0.25, 0.3) is 0 Å². The minimum absolute atomic E-state index is 0.408. The van der Waals surface area contributed by atoms with E-state index in [0.717, 1.165) is 25.2 Å². The molecule has 4 heteroatoms. The Morgan fingerprint density at radius 3 is 2.88 bits per heavy atom.